The predicted molar refractivity (Wildman–Crippen MR) is 125 cm³/mol. The molecule has 164 valence electrons. The van der Waals surface area contributed by atoms with E-state index in [-0.39, 0.29) is 11.5 Å². The van der Waals surface area contributed by atoms with Crippen LogP contribution in [0.25, 0.3) is 16.6 Å². The number of hydrogen-bond donors (Lipinski definition) is 1. The van der Waals surface area contributed by atoms with Crippen molar-refractivity contribution in [1.29, 1.82) is 0 Å². The Labute approximate surface area is 186 Å². The van der Waals surface area contributed by atoms with Gasteiger partial charge in [0, 0.05) is 6.54 Å². The fourth-order valence-electron chi connectivity index (χ4n) is 4.01. The highest BCUT2D eigenvalue weighted by Gasteiger charge is 2.25. The lowest BCUT2D eigenvalue weighted by Crippen LogP contribution is -2.38. The summed E-state index contributed by atoms with van der Waals surface area (Å²) in [5, 5.41) is 12.6. The number of fused-ring (bicyclic) bond motifs is 1. The van der Waals surface area contributed by atoms with Crippen molar-refractivity contribution in [3.63, 3.8) is 0 Å². The first-order valence-electron chi connectivity index (χ1n) is 10.8. The van der Waals surface area contributed by atoms with Gasteiger partial charge < -0.3 is 5.32 Å². The Morgan fingerprint density at radius 2 is 1.78 bits per heavy atom. The lowest BCUT2D eigenvalue weighted by atomic mass is 10.1. The Balaban J connectivity index is 1.71. The first-order chi connectivity index (χ1) is 15.4. The van der Waals surface area contributed by atoms with Crippen LogP contribution < -0.4 is 10.9 Å². The van der Waals surface area contributed by atoms with Gasteiger partial charge in [0.2, 0.25) is 5.91 Å². The lowest BCUT2D eigenvalue weighted by Gasteiger charge is -2.17. The molecule has 0 spiro atoms. The summed E-state index contributed by atoms with van der Waals surface area (Å²) in [6.45, 7) is 7.98. The number of aryl methyl sites for hydroxylation is 3. The number of benzene rings is 2. The minimum atomic E-state index is -0.699. The third-order valence-corrected chi connectivity index (χ3v) is 5.67. The molecule has 0 unspecified atom stereocenters. The minimum Gasteiger partial charge on any atom is -0.350 e. The zero-order valence-electron chi connectivity index (χ0n) is 18.8. The highest BCUT2D eigenvalue weighted by Crippen LogP contribution is 2.21. The van der Waals surface area contributed by atoms with E-state index >= 15 is 0 Å². The Bertz CT molecular complexity index is 1340. The minimum absolute atomic E-state index is 0.226. The maximum absolute atomic E-state index is 13.4. The normalized spacial score (nSPS) is 12.1. The van der Waals surface area contributed by atoms with Gasteiger partial charge in [0.05, 0.1) is 22.5 Å². The number of aromatic nitrogens is 4. The summed E-state index contributed by atoms with van der Waals surface area (Å²) in [4.78, 5) is 26.4. The van der Waals surface area contributed by atoms with Gasteiger partial charge in [-0.3, -0.25) is 9.59 Å². The van der Waals surface area contributed by atoms with E-state index < -0.39 is 6.04 Å². The largest absolute Gasteiger partial charge is 0.350 e. The van der Waals surface area contributed by atoms with E-state index in [9.17, 15) is 9.59 Å². The third-order valence-electron chi connectivity index (χ3n) is 5.67. The Kier molecular flexibility index (Phi) is 5.90. The van der Waals surface area contributed by atoms with Gasteiger partial charge in [0.1, 0.15) is 11.6 Å². The zero-order valence-corrected chi connectivity index (χ0v) is 18.8. The number of amides is 1. The van der Waals surface area contributed by atoms with E-state index in [1.165, 1.54) is 4.68 Å². The molecule has 32 heavy (non-hydrogen) atoms. The molecule has 0 fully saturated rings. The lowest BCUT2D eigenvalue weighted by molar-refractivity contribution is -0.125. The van der Waals surface area contributed by atoms with Crippen LogP contribution in [0.1, 0.15) is 41.9 Å². The second-order valence-corrected chi connectivity index (χ2v) is 8.02. The number of nitrogens with one attached hydrogen (secondary N) is 1. The van der Waals surface area contributed by atoms with E-state index in [0.717, 1.165) is 22.5 Å². The summed E-state index contributed by atoms with van der Waals surface area (Å²) in [7, 11) is 0. The van der Waals surface area contributed by atoms with Crippen LogP contribution in [0.15, 0.2) is 59.4 Å². The van der Waals surface area contributed by atoms with Gasteiger partial charge in [0.25, 0.3) is 5.56 Å². The molecule has 0 aliphatic carbocycles. The van der Waals surface area contributed by atoms with Crippen LogP contribution in [0.2, 0.25) is 0 Å². The van der Waals surface area contributed by atoms with Crippen molar-refractivity contribution in [1.82, 2.24) is 24.9 Å². The second-order valence-electron chi connectivity index (χ2n) is 8.02. The Hall–Kier alpha value is -3.74. The molecule has 7 nitrogen and oxygen atoms in total. The van der Waals surface area contributed by atoms with Gasteiger partial charge in [-0.25, -0.2) is 9.36 Å². The van der Waals surface area contributed by atoms with Crippen molar-refractivity contribution in [2.75, 3.05) is 0 Å². The number of nitrogens with zero attached hydrogens (tertiary/aromatic N) is 4. The second kappa shape index (κ2) is 8.78. The summed E-state index contributed by atoms with van der Waals surface area (Å²) in [5.74, 6) is -0.226. The van der Waals surface area contributed by atoms with Gasteiger partial charge in [-0.2, -0.15) is 10.2 Å². The van der Waals surface area contributed by atoms with Crippen LogP contribution in [0.5, 0.6) is 0 Å². The molecule has 1 amide bonds. The average molecular weight is 430 g/mol. The fraction of sp³-hybridized carbons (Fsp3) is 0.280. The quantitative estimate of drug-likeness (QED) is 0.506. The molecule has 0 aliphatic heterocycles. The third kappa shape index (κ3) is 3.93. The van der Waals surface area contributed by atoms with Crippen molar-refractivity contribution in [2.45, 2.75) is 46.7 Å². The molecule has 2 aromatic carbocycles. The van der Waals surface area contributed by atoms with E-state index in [1.807, 2.05) is 82.3 Å². The molecule has 0 radical (unpaired) electrons. The van der Waals surface area contributed by atoms with Gasteiger partial charge in [-0.05, 0) is 44.9 Å². The van der Waals surface area contributed by atoms with Gasteiger partial charge in [-0.1, -0.05) is 55.0 Å². The smallest absolute Gasteiger partial charge is 0.278 e. The van der Waals surface area contributed by atoms with E-state index in [2.05, 4.69) is 15.5 Å². The summed E-state index contributed by atoms with van der Waals surface area (Å²) in [6, 6.07) is 16.9. The molecule has 7 heteroatoms. The predicted octanol–water partition coefficient (Wildman–Crippen LogP) is 3.77. The summed E-state index contributed by atoms with van der Waals surface area (Å²) in [5.41, 5.74) is 4.61. The van der Waals surface area contributed by atoms with Crippen molar-refractivity contribution < 1.29 is 4.79 Å². The SMILES string of the molecule is CC[C@H](C(=O)NCc1cccc(C)c1)n1nc(C)c2nn(-c3ccccc3)c(C)c2c1=O. The van der Waals surface area contributed by atoms with E-state index in [4.69, 9.17) is 0 Å². The monoisotopic (exact) mass is 429 g/mol. The van der Waals surface area contributed by atoms with Crippen molar-refractivity contribution in [3.05, 3.63) is 87.5 Å². The first kappa shape index (κ1) is 21.5. The molecule has 1 N–H and O–H groups in total. The maximum atomic E-state index is 13.4. The average Bonchev–Trinajstić information content (AvgIpc) is 3.15. The molecule has 2 heterocycles. The van der Waals surface area contributed by atoms with Crippen LogP contribution in [-0.2, 0) is 11.3 Å². The Morgan fingerprint density at radius 3 is 2.47 bits per heavy atom. The summed E-state index contributed by atoms with van der Waals surface area (Å²) >= 11 is 0. The number of hydrogen-bond acceptors (Lipinski definition) is 4. The summed E-state index contributed by atoms with van der Waals surface area (Å²) in [6.07, 6.45) is 0.448. The standard InChI is InChI=1S/C25H27N5O2/c1-5-21(24(31)26-15-19-11-9-10-16(2)14-19)30-25(32)22-18(4)29(20-12-7-6-8-13-20)28-23(22)17(3)27-30/h6-14,21H,5,15H2,1-4H3,(H,26,31)/t21-/m1/s1. The highest BCUT2D eigenvalue weighted by atomic mass is 16.2. The van der Waals surface area contributed by atoms with E-state index in [0.29, 0.717) is 29.6 Å². The number of para-hydroxylation sites is 1. The fourth-order valence-corrected chi connectivity index (χ4v) is 4.01. The number of rotatable bonds is 6. The number of carbonyl (C=O) groups is 1. The molecule has 2 aromatic heterocycles. The first-order valence-corrected chi connectivity index (χ1v) is 10.8. The van der Waals surface area contributed by atoms with Crippen molar-refractivity contribution >= 4 is 16.8 Å². The Morgan fingerprint density at radius 1 is 1.03 bits per heavy atom. The molecular weight excluding hydrogens is 402 g/mol. The molecule has 4 rings (SSSR count). The summed E-state index contributed by atoms with van der Waals surface area (Å²) < 4.78 is 3.07. The molecule has 1 atom stereocenters. The van der Waals surface area contributed by atoms with Crippen molar-refractivity contribution in [2.24, 2.45) is 0 Å². The number of carbonyl (C=O) groups excluding carboxylic acids is 1. The van der Waals surface area contributed by atoms with E-state index in [1.54, 1.807) is 4.68 Å². The molecule has 0 saturated carbocycles. The van der Waals surface area contributed by atoms with Crippen LogP contribution in [-0.4, -0.2) is 25.5 Å². The highest BCUT2D eigenvalue weighted by molar-refractivity contribution is 5.84. The van der Waals surface area contributed by atoms with Gasteiger partial charge >= 0.3 is 0 Å². The topological polar surface area (TPSA) is 81.8 Å². The zero-order chi connectivity index (χ0) is 22.8. The molecule has 4 aromatic rings. The molecular formula is C25H27N5O2. The van der Waals surface area contributed by atoms with Crippen LogP contribution in [0.4, 0.5) is 0 Å². The molecule has 0 aliphatic rings. The van der Waals surface area contributed by atoms with Crippen molar-refractivity contribution in [3.8, 4) is 5.69 Å². The molecule has 0 saturated heterocycles. The van der Waals surface area contributed by atoms with Crippen LogP contribution in [0, 0.1) is 20.8 Å². The van der Waals surface area contributed by atoms with Crippen LogP contribution >= 0.6 is 0 Å². The van der Waals surface area contributed by atoms with Crippen LogP contribution in [0.3, 0.4) is 0 Å². The van der Waals surface area contributed by atoms with Gasteiger partial charge in [0.15, 0.2) is 0 Å². The van der Waals surface area contributed by atoms with Gasteiger partial charge in [-0.15, -0.1) is 0 Å². The molecule has 0 bridgehead atoms. The maximum Gasteiger partial charge on any atom is 0.278 e.